The molecule has 0 saturated carbocycles. The van der Waals surface area contributed by atoms with Crippen molar-refractivity contribution in [2.75, 3.05) is 5.32 Å². The first kappa shape index (κ1) is 19.1. The van der Waals surface area contributed by atoms with Gasteiger partial charge in [0.1, 0.15) is 0 Å². The Labute approximate surface area is 180 Å². The molecule has 0 atom stereocenters. The largest absolute Gasteiger partial charge is 0.366 e. The Morgan fingerprint density at radius 2 is 1.97 bits per heavy atom. The summed E-state index contributed by atoms with van der Waals surface area (Å²) in [6.07, 6.45) is 0. The van der Waals surface area contributed by atoms with Gasteiger partial charge in [0.05, 0.1) is 38.3 Å². The molecule has 0 aliphatic heterocycles. The number of hydrogen-bond donors (Lipinski definition) is 1. The Bertz CT molecular complexity index is 1530. The molecule has 5 aromatic rings. The molecule has 0 unspecified atom stereocenters. The molecule has 4 aromatic heterocycles. The number of nitrogens with one attached hydrogen (secondary N) is 1. The predicted molar refractivity (Wildman–Crippen MR) is 120 cm³/mol. The number of nitrogens with zero attached hydrogens (tertiary/aromatic N) is 4. The fourth-order valence-electron chi connectivity index (χ4n) is 3.68. The molecule has 0 aliphatic rings. The van der Waals surface area contributed by atoms with Crippen molar-refractivity contribution >= 4 is 44.7 Å². The fourth-order valence-corrected chi connectivity index (χ4v) is 4.37. The van der Waals surface area contributed by atoms with Gasteiger partial charge in [0.25, 0.3) is 5.91 Å². The number of carbonyl (C=O) groups is 1. The van der Waals surface area contributed by atoms with Crippen LogP contribution in [0.4, 0.5) is 5.69 Å². The zero-order chi connectivity index (χ0) is 21.7. The van der Waals surface area contributed by atoms with Crippen LogP contribution in [0.2, 0.25) is 0 Å². The number of anilines is 1. The van der Waals surface area contributed by atoms with Crippen molar-refractivity contribution in [1.82, 2.24) is 19.9 Å². The van der Waals surface area contributed by atoms with E-state index >= 15 is 0 Å². The van der Waals surface area contributed by atoms with Crippen molar-refractivity contribution in [3.63, 3.8) is 0 Å². The number of amides is 1. The maximum atomic E-state index is 13.3. The van der Waals surface area contributed by atoms with E-state index < -0.39 is 5.63 Å². The van der Waals surface area contributed by atoms with Crippen molar-refractivity contribution in [3.05, 3.63) is 69.1 Å². The number of hydrogen-bond acceptors (Lipinski definition) is 7. The Hall–Kier alpha value is -3.85. The summed E-state index contributed by atoms with van der Waals surface area (Å²) >= 11 is 1.56. The van der Waals surface area contributed by atoms with Gasteiger partial charge in [-0.05, 0) is 49.6 Å². The predicted octanol–water partition coefficient (Wildman–Crippen LogP) is 4.07. The van der Waals surface area contributed by atoms with Crippen LogP contribution in [0, 0.1) is 13.8 Å². The molecule has 0 bridgehead atoms. The third-order valence-corrected chi connectivity index (χ3v) is 6.03. The molecule has 0 radical (unpaired) electrons. The average Bonchev–Trinajstić information content (AvgIpc) is 3.39. The summed E-state index contributed by atoms with van der Waals surface area (Å²) in [6.45, 7) is 3.60. The van der Waals surface area contributed by atoms with Gasteiger partial charge in [-0.25, -0.2) is 9.78 Å². The number of benzene rings is 1. The lowest BCUT2D eigenvalue weighted by molar-refractivity contribution is 0.102. The van der Waals surface area contributed by atoms with Crippen LogP contribution in [0.1, 0.15) is 21.7 Å². The van der Waals surface area contributed by atoms with E-state index in [0.29, 0.717) is 44.4 Å². The zero-order valence-corrected chi connectivity index (χ0v) is 17.8. The van der Waals surface area contributed by atoms with Crippen molar-refractivity contribution in [2.45, 2.75) is 13.8 Å². The highest BCUT2D eigenvalue weighted by molar-refractivity contribution is 7.13. The molecule has 31 heavy (non-hydrogen) atoms. The second-order valence-electron chi connectivity index (χ2n) is 7.21. The molecular formula is C22H17N5O3S. The molecule has 0 spiro atoms. The van der Waals surface area contributed by atoms with E-state index in [-0.39, 0.29) is 5.91 Å². The number of rotatable bonds is 3. The first-order valence-corrected chi connectivity index (χ1v) is 10.4. The van der Waals surface area contributed by atoms with Gasteiger partial charge in [-0.15, -0.1) is 11.3 Å². The second kappa shape index (κ2) is 7.13. The van der Waals surface area contributed by atoms with Crippen molar-refractivity contribution in [2.24, 2.45) is 7.05 Å². The van der Waals surface area contributed by atoms with Gasteiger partial charge in [-0.1, -0.05) is 11.2 Å². The van der Waals surface area contributed by atoms with Gasteiger partial charge in [-0.2, -0.15) is 5.10 Å². The minimum Gasteiger partial charge on any atom is -0.322 e. The van der Waals surface area contributed by atoms with Crippen molar-refractivity contribution in [3.8, 4) is 10.6 Å². The number of pyridine rings is 1. The SMILES string of the molecule is Cc1noc(=O)c2ccc(NC(=O)c3cc(-c4cccs4)nc4c3c(C)nn4C)cc12. The number of fused-ring (bicyclic) bond motifs is 2. The van der Waals surface area contributed by atoms with Crippen LogP contribution in [0.3, 0.4) is 0 Å². The maximum absolute atomic E-state index is 13.3. The second-order valence-corrected chi connectivity index (χ2v) is 8.16. The van der Waals surface area contributed by atoms with E-state index in [9.17, 15) is 9.59 Å². The van der Waals surface area contributed by atoms with Gasteiger partial charge in [0.2, 0.25) is 0 Å². The summed E-state index contributed by atoms with van der Waals surface area (Å²) in [5.74, 6) is -0.283. The summed E-state index contributed by atoms with van der Waals surface area (Å²) in [6, 6.07) is 10.7. The molecule has 5 rings (SSSR count). The molecule has 1 aromatic carbocycles. The van der Waals surface area contributed by atoms with Crippen LogP contribution in [0.5, 0.6) is 0 Å². The number of carbonyl (C=O) groups excluding carboxylic acids is 1. The van der Waals surface area contributed by atoms with Gasteiger partial charge in [0, 0.05) is 18.1 Å². The van der Waals surface area contributed by atoms with Gasteiger partial charge in [-0.3, -0.25) is 9.48 Å². The van der Waals surface area contributed by atoms with Crippen LogP contribution in [-0.2, 0) is 7.05 Å². The average molecular weight is 431 g/mol. The molecule has 9 heteroatoms. The molecule has 0 saturated heterocycles. The van der Waals surface area contributed by atoms with E-state index in [1.165, 1.54) is 0 Å². The van der Waals surface area contributed by atoms with Crippen LogP contribution < -0.4 is 10.9 Å². The summed E-state index contributed by atoms with van der Waals surface area (Å²) in [4.78, 5) is 30.9. The van der Waals surface area contributed by atoms with Gasteiger partial charge < -0.3 is 9.84 Å². The van der Waals surface area contributed by atoms with Crippen LogP contribution in [-0.4, -0.2) is 25.8 Å². The molecule has 1 N–H and O–H groups in total. The molecule has 8 nitrogen and oxygen atoms in total. The highest BCUT2D eigenvalue weighted by Crippen LogP contribution is 2.30. The van der Waals surface area contributed by atoms with Crippen molar-refractivity contribution < 1.29 is 9.32 Å². The van der Waals surface area contributed by atoms with Crippen LogP contribution in [0.25, 0.3) is 32.4 Å². The van der Waals surface area contributed by atoms with Crippen LogP contribution in [0.15, 0.2) is 51.1 Å². The molecule has 0 fully saturated rings. The summed E-state index contributed by atoms with van der Waals surface area (Å²) in [7, 11) is 1.81. The quantitative estimate of drug-likeness (QED) is 0.462. The molecule has 154 valence electrons. The molecule has 0 aliphatic carbocycles. The smallest absolute Gasteiger partial charge is 0.322 e. The van der Waals surface area contributed by atoms with Crippen LogP contribution >= 0.6 is 11.3 Å². The lowest BCUT2D eigenvalue weighted by Crippen LogP contribution is -2.13. The van der Waals surface area contributed by atoms with E-state index in [0.717, 1.165) is 10.6 Å². The lowest BCUT2D eigenvalue weighted by atomic mass is 10.1. The van der Waals surface area contributed by atoms with E-state index in [4.69, 9.17) is 9.51 Å². The molecule has 1 amide bonds. The Balaban J connectivity index is 1.62. The van der Waals surface area contributed by atoms with E-state index in [2.05, 4.69) is 15.6 Å². The maximum Gasteiger partial charge on any atom is 0.366 e. The standard InChI is InChI=1S/C22H17N5O3S/c1-11-15-9-13(6-7-14(15)22(29)30-26-11)23-21(28)16-10-17(18-5-4-8-31-18)24-20-19(16)12(2)25-27(20)3/h4-10H,1-3H3,(H,23,28). The third kappa shape index (κ3) is 3.19. The first-order chi connectivity index (χ1) is 14.9. The molecular weight excluding hydrogens is 414 g/mol. The van der Waals surface area contributed by atoms with Crippen molar-refractivity contribution in [1.29, 1.82) is 0 Å². The zero-order valence-electron chi connectivity index (χ0n) is 17.0. The highest BCUT2D eigenvalue weighted by Gasteiger charge is 2.20. The monoisotopic (exact) mass is 431 g/mol. The first-order valence-electron chi connectivity index (χ1n) is 9.52. The summed E-state index contributed by atoms with van der Waals surface area (Å²) in [5, 5.41) is 14.9. The Morgan fingerprint density at radius 3 is 2.74 bits per heavy atom. The number of thiophene rings is 1. The summed E-state index contributed by atoms with van der Waals surface area (Å²) in [5.41, 5.74) is 3.18. The summed E-state index contributed by atoms with van der Waals surface area (Å²) < 4.78 is 6.45. The number of aryl methyl sites for hydroxylation is 3. The highest BCUT2D eigenvalue weighted by atomic mass is 32.1. The third-order valence-electron chi connectivity index (χ3n) is 5.14. The van der Waals surface area contributed by atoms with E-state index in [1.807, 2.05) is 31.5 Å². The number of aromatic nitrogens is 4. The topological polar surface area (TPSA) is 103 Å². The normalized spacial score (nSPS) is 11.3. The fraction of sp³-hybridized carbons (Fsp3) is 0.136. The Kier molecular flexibility index (Phi) is 4.40. The Morgan fingerprint density at radius 1 is 1.13 bits per heavy atom. The van der Waals surface area contributed by atoms with E-state index in [1.54, 1.807) is 47.2 Å². The molecule has 4 heterocycles. The minimum atomic E-state index is -0.513. The van der Waals surface area contributed by atoms with Gasteiger partial charge in [0.15, 0.2) is 5.65 Å². The minimum absolute atomic E-state index is 0.283. The lowest BCUT2D eigenvalue weighted by Gasteiger charge is -2.10. The van der Waals surface area contributed by atoms with Gasteiger partial charge >= 0.3 is 5.63 Å².